The number of carboxylic acids is 2. The molecule has 0 aromatic rings. The van der Waals surface area contributed by atoms with Crippen LogP contribution in [-0.2, 0) is 24.0 Å². The Kier molecular flexibility index (Phi) is 12.4. The number of amides is 3. The van der Waals surface area contributed by atoms with Gasteiger partial charge in [0, 0.05) is 11.5 Å². The minimum Gasteiger partial charge on any atom is -0.481 e. The van der Waals surface area contributed by atoms with Crippen LogP contribution >= 0.6 is 25.3 Å². The normalized spacial score (nSPS) is 15.0. The number of hydrogen-bond acceptors (Lipinski definition) is 8. The van der Waals surface area contributed by atoms with Gasteiger partial charge in [0.2, 0.25) is 17.7 Å². The smallest absolute Gasteiger partial charge is 0.327 e. The first-order chi connectivity index (χ1) is 13.4. The van der Waals surface area contributed by atoms with Crippen molar-refractivity contribution in [2.45, 2.75) is 50.9 Å². The zero-order valence-electron chi connectivity index (χ0n) is 16.1. The van der Waals surface area contributed by atoms with Gasteiger partial charge in [-0.3, -0.25) is 19.2 Å². The van der Waals surface area contributed by atoms with Crippen molar-refractivity contribution in [3.8, 4) is 0 Å². The number of aliphatic carboxylic acids is 2. The summed E-state index contributed by atoms with van der Waals surface area (Å²) in [5.74, 6) is -5.45. The van der Waals surface area contributed by atoms with Crippen molar-refractivity contribution in [1.29, 1.82) is 0 Å². The Hall–Kier alpha value is -1.99. The van der Waals surface area contributed by atoms with E-state index in [1.165, 1.54) is 0 Å². The van der Waals surface area contributed by atoms with Crippen LogP contribution < -0.4 is 21.7 Å². The maximum Gasteiger partial charge on any atom is 0.327 e. The summed E-state index contributed by atoms with van der Waals surface area (Å²) in [5.41, 5.74) is 5.76. The van der Waals surface area contributed by atoms with Crippen LogP contribution in [-0.4, -0.2) is 75.5 Å². The number of carboxylic acid groups (broad SMARTS) is 2. The molecule has 0 aliphatic carbocycles. The third-order valence-corrected chi connectivity index (χ3v) is 4.42. The second-order valence-electron chi connectivity index (χ2n) is 6.72. The van der Waals surface area contributed by atoms with E-state index in [9.17, 15) is 24.0 Å². The Morgan fingerprint density at radius 1 is 0.828 bits per heavy atom. The fourth-order valence-electron chi connectivity index (χ4n) is 2.20. The van der Waals surface area contributed by atoms with Crippen molar-refractivity contribution in [3.05, 3.63) is 0 Å². The van der Waals surface area contributed by atoms with Crippen molar-refractivity contribution in [1.82, 2.24) is 16.0 Å². The molecule has 0 aromatic heterocycles. The summed E-state index contributed by atoms with van der Waals surface area (Å²) in [4.78, 5) is 58.8. The van der Waals surface area contributed by atoms with Crippen LogP contribution in [0.25, 0.3) is 0 Å². The van der Waals surface area contributed by atoms with Crippen LogP contribution in [0.1, 0.15) is 26.7 Å². The molecule has 0 aliphatic rings. The SMILES string of the molecule is CC(C)CC(N)C(=O)NC(CS)C(=O)NC(CC(=O)O)C(=O)NC(CS)C(=O)O. The molecule has 13 heteroatoms. The highest BCUT2D eigenvalue weighted by Gasteiger charge is 2.30. The average Bonchev–Trinajstić information content (AvgIpc) is 2.61. The lowest BCUT2D eigenvalue weighted by atomic mass is 10.0. The van der Waals surface area contributed by atoms with E-state index < -0.39 is 60.2 Å². The molecule has 4 atom stereocenters. The molecular formula is C16H28N4O7S2. The monoisotopic (exact) mass is 452 g/mol. The first-order valence-electron chi connectivity index (χ1n) is 8.75. The average molecular weight is 453 g/mol. The van der Waals surface area contributed by atoms with Gasteiger partial charge in [-0.05, 0) is 12.3 Å². The second kappa shape index (κ2) is 13.3. The molecule has 0 saturated carbocycles. The molecule has 0 bridgehead atoms. The van der Waals surface area contributed by atoms with Crippen molar-refractivity contribution in [2.75, 3.05) is 11.5 Å². The summed E-state index contributed by atoms with van der Waals surface area (Å²) in [5, 5.41) is 24.6. The maximum absolute atomic E-state index is 12.4. The van der Waals surface area contributed by atoms with Crippen LogP contribution in [0.2, 0.25) is 0 Å². The lowest BCUT2D eigenvalue weighted by molar-refractivity contribution is -0.143. The van der Waals surface area contributed by atoms with Gasteiger partial charge in [0.1, 0.15) is 18.1 Å². The third kappa shape index (κ3) is 10.4. The van der Waals surface area contributed by atoms with Gasteiger partial charge in [0.05, 0.1) is 12.5 Å². The minimum atomic E-state index is -1.56. The van der Waals surface area contributed by atoms with Gasteiger partial charge >= 0.3 is 11.9 Å². The predicted molar refractivity (Wildman–Crippen MR) is 111 cm³/mol. The van der Waals surface area contributed by atoms with Gasteiger partial charge in [-0.2, -0.15) is 25.3 Å². The molecule has 0 aromatic carbocycles. The van der Waals surface area contributed by atoms with E-state index in [0.717, 1.165) is 0 Å². The Labute approximate surface area is 179 Å². The number of carbonyl (C=O) groups excluding carboxylic acids is 3. The van der Waals surface area contributed by atoms with Gasteiger partial charge in [0.15, 0.2) is 0 Å². The third-order valence-electron chi connectivity index (χ3n) is 3.69. The first kappa shape index (κ1) is 27.0. The molecule has 4 unspecified atom stereocenters. The topological polar surface area (TPSA) is 188 Å². The second-order valence-corrected chi connectivity index (χ2v) is 7.45. The van der Waals surface area contributed by atoms with Crippen LogP contribution in [0.3, 0.4) is 0 Å². The summed E-state index contributed by atoms with van der Waals surface area (Å²) in [6.45, 7) is 3.75. The van der Waals surface area contributed by atoms with Gasteiger partial charge in [-0.1, -0.05) is 13.8 Å². The molecule has 0 saturated heterocycles. The van der Waals surface area contributed by atoms with E-state index in [2.05, 4.69) is 41.2 Å². The largest absolute Gasteiger partial charge is 0.481 e. The molecule has 0 aliphatic heterocycles. The van der Waals surface area contributed by atoms with Gasteiger partial charge in [-0.25, -0.2) is 4.79 Å². The molecule has 3 amide bonds. The lowest BCUT2D eigenvalue weighted by Gasteiger charge is -2.23. The van der Waals surface area contributed by atoms with Crippen LogP contribution in [0, 0.1) is 5.92 Å². The van der Waals surface area contributed by atoms with E-state index in [4.69, 9.17) is 15.9 Å². The summed E-state index contributed by atoms with van der Waals surface area (Å²) < 4.78 is 0. The summed E-state index contributed by atoms with van der Waals surface area (Å²) in [6.07, 6.45) is -0.409. The van der Waals surface area contributed by atoms with Gasteiger partial charge in [0.25, 0.3) is 0 Å². The van der Waals surface area contributed by atoms with E-state index >= 15 is 0 Å². The molecule has 11 nitrogen and oxygen atoms in total. The highest BCUT2D eigenvalue weighted by atomic mass is 32.1. The van der Waals surface area contributed by atoms with Crippen LogP contribution in [0.4, 0.5) is 0 Å². The zero-order valence-corrected chi connectivity index (χ0v) is 17.9. The van der Waals surface area contributed by atoms with Crippen molar-refractivity contribution >= 4 is 54.9 Å². The van der Waals surface area contributed by atoms with Crippen molar-refractivity contribution in [2.24, 2.45) is 11.7 Å². The summed E-state index contributed by atoms with van der Waals surface area (Å²) in [6, 6.07) is -4.96. The van der Waals surface area contributed by atoms with E-state index in [1.54, 1.807) is 0 Å². The predicted octanol–water partition coefficient (Wildman–Crippen LogP) is -1.77. The number of thiol groups is 2. The number of hydrogen-bond donors (Lipinski definition) is 8. The minimum absolute atomic E-state index is 0.137. The molecular weight excluding hydrogens is 424 g/mol. The van der Waals surface area contributed by atoms with E-state index in [0.29, 0.717) is 6.42 Å². The lowest BCUT2D eigenvalue weighted by Crippen LogP contribution is -2.58. The number of carbonyl (C=O) groups is 5. The molecule has 0 heterocycles. The number of rotatable bonds is 13. The molecule has 0 radical (unpaired) electrons. The molecule has 0 spiro atoms. The van der Waals surface area contributed by atoms with Crippen LogP contribution in [0.15, 0.2) is 0 Å². The van der Waals surface area contributed by atoms with E-state index in [1.807, 2.05) is 13.8 Å². The standard InChI is InChI=1S/C16H28N4O7S2/c1-7(2)3-8(17)13(23)19-10(5-28)15(25)18-9(4-12(21)22)14(24)20-11(6-29)16(26)27/h7-11,28-29H,3-6,17H2,1-2H3,(H,18,25)(H,19,23)(H,20,24)(H,21,22)(H,26,27). The Morgan fingerprint density at radius 2 is 1.28 bits per heavy atom. The Balaban J connectivity index is 5.17. The Bertz CT molecular complexity index is 618. The van der Waals surface area contributed by atoms with Gasteiger partial charge in [-0.15, -0.1) is 0 Å². The first-order valence-corrected chi connectivity index (χ1v) is 10.0. The molecule has 0 fully saturated rings. The maximum atomic E-state index is 12.4. The fraction of sp³-hybridized carbons (Fsp3) is 0.688. The molecule has 29 heavy (non-hydrogen) atoms. The number of nitrogens with two attached hydrogens (primary N) is 1. The van der Waals surface area contributed by atoms with Crippen LogP contribution in [0.5, 0.6) is 0 Å². The zero-order chi connectivity index (χ0) is 22.7. The molecule has 7 N–H and O–H groups in total. The quantitative estimate of drug-likeness (QED) is 0.151. The number of nitrogens with one attached hydrogen (secondary N) is 3. The molecule has 0 rings (SSSR count). The van der Waals surface area contributed by atoms with Crippen molar-refractivity contribution < 1.29 is 34.2 Å². The highest BCUT2D eigenvalue weighted by molar-refractivity contribution is 7.80. The molecule has 166 valence electrons. The summed E-state index contributed by atoms with van der Waals surface area (Å²) in [7, 11) is 0. The van der Waals surface area contributed by atoms with E-state index in [-0.39, 0.29) is 17.4 Å². The van der Waals surface area contributed by atoms with Crippen molar-refractivity contribution in [3.63, 3.8) is 0 Å². The van der Waals surface area contributed by atoms with Gasteiger partial charge < -0.3 is 31.9 Å². The Morgan fingerprint density at radius 3 is 1.69 bits per heavy atom. The fourth-order valence-corrected chi connectivity index (χ4v) is 2.71. The summed E-state index contributed by atoms with van der Waals surface area (Å²) >= 11 is 7.79. The highest BCUT2D eigenvalue weighted by Crippen LogP contribution is 2.04.